The van der Waals surface area contributed by atoms with Crippen LogP contribution < -0.4 is 11.2 Å². The predicted molar refractivity (Wildman–Crippen MR) is 95.8 cm³/mol. The van der Waals surface area contributed by atoms with Crippen molar-refractivity contribution in [1.29, 1.82) is 0 Å². The molecule has 0 aliphatic carbocycles. The van der Waals surface area contributed by atoms with E-state index in [1.165, 1.54) is 54.1 Å². The molecule has 134 valence electrons. The highest BCUT2D eigenvalue weighted by molar-refractivity contribution is 5.89. The number of aromatic nitrogens is 3. The molecule has 2 aliphatic heterocycles. The third kappa shape index (κ3) is 2.48. The smallest absolute Gasteiger partial charge is 0.291 e. The van der Waals surface area contributed by atoms with Crippen molar-refractivity contribution in [3.05, 3.63) is 85.3 Å². The maximum Gasteiger partial charge on any atom is 0.352 e. The van der Waals surface area contributed by atoms with Gasteiger partial charge in [-0.1, -0.05) is 12.1 Å². The Morgan fingerprint density at radius 1 is 1.11 bits per heavy atom. The van der Waals surface area contributed by atoms with Gasteiger partial charge in [0.15, 0.2) is 5.82 Å². The van der Waals surface area contributed by atoms with Crippen molar-refractivity contribution in [2.75, 3.05) is 0 Å². The summed E-state index contributed by atoms with van der Waals surface area (Å²) >= 11 is 0. The highest BCUT2D eigenvalue weighted by Crippen LogP contribution is 2.30. The zero-order valence-electron chi connectivity index (χ0n) is 13.9. The van der Waals surface area contributed by atoms with E-state index in [0.717, 1.165) is 4.57 Å². The van der Waals surface area contributed by atoms with Crippen molar-refractivity contribution >= 4 is 16.6 Å². The average molecular weight is 366 g/mol. The number of para-hydroxylation sites is 1. The summed E-state index contributed by atoms with van der Waals surface area (Å²) in [5.41, 5.74) is -1.08. The first-order valence-electron chi connectivity index (χ1n) is 7.84. The zero-order valence-corrected chi connectivity index (χ0v) is 13.9. The lowest BCUT2D eigenvalue weighted by Crippen LogP contribution is -2.35. The SMILES string of the molecule is Cn1c(=O)nc2n(-c3ccccc3F)c3ccc([N+](=O)[O-])cc3cc-2c1=O. The van der Waals surface area contributed by atoms with Crippen LogP contribution in [0.2, 0.25) is 0 Å². The fraction of sp³-hybridized carbons (Fsp3) is 0.0556. The fourth-order valence-corrected chi connectivity index (χ4v) is 3.01. The number of fused-ring (bicyclic) bond motifs is 2. The van der Waals surface area contributed by atoms with Crippen molar-refractivity contribution in [3.63, 3.8) is 0 Å². The summed E-state index contributed by atoms with van der Waals surface area (Å²) in [6, 6.07) is 11.2. The van der Waals surface area contributed by atoms with E-state index >= 15 is 0 Å². The highest BCUT2D eigenvalue weighted by atomic mass is 19.1. The Morgan fingerprint density at radius 2 is 1.85 bits per heavy atom. The van der Waals surface area contributed by atoms with E-state index in [4.69, 9.17) is 0 Å². The van der Waals surface area contributed by atoms with Crippen LogP contribution in [0.25, 0.3) is 28.0 Å². The van der Waals surface area contributed by atoms with Gasteiger partial charge in [0.2, 0.25) is 0 Å². The first-order chi connectivity index (χ1) is 12.9. The van der Waals surface area contributed by atoms with Gasteiger partial charge in [-0.3, -0.25) is 24.0 Å². The van der Waals surface area contributed by atoms with Gasteiger partial charge in [0.1, 0.15) is 5.82 Å². The van der Waals surface area contributed by atoms with E-state index in [1.807, 2.05) is 0 Å². The number of benzene rings is 2. The number of rotatable bonds is 2. The van der Waals surface area contributed by atoms with Crippen LogP contribution in [-0.2, 0) is 7.05 Å². The summed E-state index contributed by atoms with van der Waals surface area (Å²) in [6.45, 7) is 0. The topological polar surface area (TPSA) is 100 Å². The number of nitrogens with zero attached hydrogens (tertiary/aromatic N) is 4. The largest absolute Gasteiger partial charge is 0.352 e. The summed E-state index contributed by atoms with van der Waals surface area (Å²) in [5.74, 6) is -0.612. The Hall–Kier alpha value is -3.88. The molecule has 8 nitrogen and oxygen atoms in total. The summed E-state index contributed by atoms with van der Waals surface area (Å²) in [4.78, 5) is 39.1. The lowest BCUT2D eigenvalue weighted by atomic mass is 10.1. The molecule has 0 unspecified atom stereocenters. The molecular formula is C18H11FN4O4. The van der Waals surface area contributed by atoms with E-state index < -0.39 is 22.0 Å². The maximum atomic E-state index is 14.5. The minimum atomic E-state index is -0.779. The van der Waals surface area contributed by atoms with Crippen molar-refractivity contribution in [2.45, 2.75) is 0 Å². The number of hydrogen-bond donors (Lipinski definition) is 0. The second-order valence-electron chi connectivity index (χ2n) is 5.93. The summed E-state index contributed by atoms with van der Waals surface area (Å²) < 4.78 is 16.7. The molecule has 9 heteroatoms. The van der Waals surface area contributed by atoms with E-state index in [2.05, 4.69) is 4.98 Å². The van der Waals surface area contributed by atoms with Gasteiger partial charge in [-0.15, -0.1) is 0 Å². The van der Waals surface area contributed by atoms with Gasteiger partial charge >= 0.3 is 5.69 Å². The Morgan fingerprint density at radius 3 is 2.56 bits per heavy atom. The second-order valence-corrected chi connectivity index (χ2v) is 5.93. The second kappa shape index (κ2) is 5.84. The Bertz CT molecular complexity index is 1330. The third-order valence-electron chi connectivity index (χ3n) is 4.33. The number of non-ortho nitro benzene ring substituents is 1. The van der Waals surface area contributed by atoms with Crippen LogP contribution in [0, 0.1) is 15.9 Å². The van der Waals surface area contributed by atoms with E-state index in [9.17, 15) is 24.1 Å². The van der Waals surface area contributed by atoms with E-state index in [0.29, 0.717) is 10.9 Å². The molecule has 2 aliphatic rings. The molecule has 27 heavy (non-hydrogen) atoms. The molecule has 0 N–H and O–H groups in total. The zero-order chi connectivity index (χ0) is 19.3. The average Bonchev–Trinajstić information content (AvgIpc) is 2.65. The number of nitro groups is 1. The predicted octanol–water partition coefficient (Wildman–Crippen LogP) is 2.24. The maximum absolute atomic E-state index is 14.5. The fourth-order valence-electron chi connectivity index (χ4n) is 3.01. The van der Waals surface area contributed by atoms with Crippen LogP contribution in [0.4, 0.5) is 10.1 Å². The van der Waals surface area contributed by atoms with E-state index in [1.54, 1.807) is 6.07 Å². The number of halogens is 1. The summed E-state index contributed by atoms with van der Waals surface area (Å²) in [7, 11) is 1.28. The van der Waals surface area contributed by atoms with Crippen molar-refractivity contribution in [2.24, 2.45) is 7.05 Å². The number of pyridine rings is 1. The van der Waals surface area contributed by atoms with Crippen molar-refractivity contribution < 1.29 is 9.31 Å². The van der Waals surface area contributed by atoms with Crippen molar-refractivity contribution in [1.82, 2.24) is 14.1 Å². The van der Waals surface area contributed by atoms with Gasteiger partial charge in [-0.25, -0.2) is 9.18 Å². The molecule has 0 fully saturated rings. The van der Waals surface area contributed by atoms with Crippen LogP contribution in [0.15, 0.2) is 58.1 Å². The van der Waals surface area contributed by atoms with Gasteiger partial charge in [0.05, 0.1) is 21.7 Å². The molecule has 0 spiro atoms. The molecule has 0 saturated carbocycles. The first-order valence-corrected chi connectivity index (χ1v) is 7.84. The van der Waals surface area contributed by atoms with Crippen LogP contribution >= 0.6 is 0 Å². The minimum absolute atomic E-state index is 0.0189. The molecule has 0 aromatic heterocycles. The molecule has 0 saturated heterocycles. The molecule has 0 atom stereocenters. The van der Waals surface area contributed by atoms with Gasteiger partial charge in [-0.2, -0.15) is 4.98 Å². The van der Waals surface area contributed by atoms with Gasteiger partial charge in [0, 0.05) is 24.6 Å². The lowest BCUT2D eigenvalue weighted by molar-refractivity contribution is -0.384. The minimum Gasteiger partial charge on any atom is -0.291 e. The molecule has 0 amide bonds. The van der Waals surface area contributed by atoms with Crippen LogP contribution in [0.5, 0.6) is 0 Å². The molecule has 2 aromatic rings. The molecule has 2 aromatic carbocycles. The molecular weight excluding hydrogens is 355 g/mol. The Kier molecular flexibility index (Phi) is 3.58. The normalized spacial score (nSPS) is 11.2. The van der Waals surface area contributed by atoms with Crippen LogP contribution in [-0.4, -0.2) is 19.0 Å². The van der Waals surface area contributed by atoms with Crippen molar-refractivity contribution in [3.8, 4) is 17.1 Å². The molecule has 0 bridgehead atoms. The third-order valence-corrected chi connectivity index (χ3v) is 4.33. The van der Waals surface area contributed by atoms with E-state index in [-0.39, 0.29) is 22.8 Å². The quantitative estimate of drug-likeness (QED) is 0.308. The molecule has 2 heterocycles. The molecule has 4 rings (SSSR count). The molecule has 0 radical (unpaired) electrons. The van der Waals surface area contributed by atoms with Gasteiger partial charge < -0.3 is 0 Å². The van der Waals surface area contributed by atoms with Gasteiger partial charge in [-0.05, 0) is 24.3 Å². The van der Waals surface area contributed by atoms with Crippen LogP contribution in [0.3, 0.4) is 0 Å². The standard InChI is InChI=1S/C18H11FN4O4/c1-21-17(24)12-9-10-8-11(23(26)27)6-7-14(10)22(16(12)20-18(21)25)15-5-3-2-4-13(15)19/h2-9H,1H3. The Labute approximate surface area is 150 Å². The summed E-state index contributed by atoms with van der Waals surface area (Å²) in [5, 5.41) is 11.4. The first kappa shape index (κ1) is 16.6. The highest BCUT2D eigenvalue weighted by Gasteiger charge is 2.22. The van der Waals surface area contributed by atoms with Crippen LogP contribution in [0.1, 0.15) is 0 Å². The number of hydrogen-bond acceptors (Lipinski definition) is 5. The number of nitro benzene ring substituents is 1. The van der Waals surface area contributed by atoms with Gasteiger partial charge in [0.25, 0.3) is 11.2 Å². The monoisotopic (exact) mass is 366 g/mol. The summed E-state index contributed by atoms with van der Waals surface area (Å²) in [6.07, 6.45) is 0. The Balaban J connectivity index is 2.27. The lowest BCUT2D eigenvalue weighted by Gasteiger charge is -2.18.